The Labute approximate surface area is 63.6 Å². The fourth-order valence-electron chi connectivity index (χ4n) is 0.968. The third-order valence-electron chi connectivity index (χ3n) is 1.70. The van der Waals surface area contributed by atoms with Gasteiger partial charge in [-0.05, 0) is 18.8 Å². The van der Waals surface area contributed by atoms with Crippen LogP contribution in [0.2, 0.25) is 11.2 Å². The fraction of sp³-hybridized carbons (Fsp3) is 1.00. The zero-order valence-electron chi connectivity index (χ0n) is 7.36. The maximum Gasteiger partial charge on any atom is 0.0968 e. The lowest BCUT2D eigenvalue weighted by Gasteiger charge is -2.25. The van der Waals surface area contributed by atoms with E-state index in [0.717, 1.165) is 4.66 Å². The van der Waals surface area contributed by atoms with Crippen molar-refractivity contribution in [3.63, 3.8) is 0 Å². The zero-order chi connectivity index (χ0) is 7.49. The van der Waals surface area contributed by atoms with Gasteiger partial charge in [0.25, 0.3) is 0 Å². The quantitative estimate of drug-likeness (QED) is 0.527. The van der Waals surface area contributed by atoms with Crippen LogP contribution in [0.1, 0.15) is 13.8 Å². The average Bonchev–Trinajstić information content (AvgIpc) is 1.63. The molecule has 0 saturated heterocycles. The van der Waals surface area contributed by atoms with Crippen molar-refractivity contribution >= 4 is 19.2 Å². The molecule has 0 radical (unpaired) electrons. The van der Waals surface area contributed by atoms with Crippen LogP contribution in [0.5, 0.6) is 0 Å². The van der Waals surface area contributed by atoms with Crippen LogP contribution in [-0.2, 0) is 0 Å². The Morgan fingerprint density at radius 1 is 1.22 bits per heavy atom. The molecule has 0 aromatic rings. The van der Waals surface area contributed by atoms with E-state index >= 15 is 0 Å². The maximum atomic E-state index is 2.42. The van der Waals surface area contributed by atoms with Gasteiger partial charge >= 0.3 is 0 Å². The van der Waals surface area contributed by atoms with E-state index < -0.39 is 0 Å². The monoisotopic (exact) mass is 161 g/mol. The molecule has 0 aromatic heterocycles. The molecule has 0 aromatic carbocycles. The molecule has 0 aliphatic carbocycles. The van der Waals surface area contributed by atoms with Crippen LogP contribution in [-0.4, -0.2) is 37.9 Å². The number of nitrogens with zero attached hydrogens (tertiary/aromatic N) is 1. The largest absolute Gasteiger partial charge is 0.334 e. The van der Waals surface area contributed by atoms with Crippen LogP contribution in [0.25, 0.3) is 0 Å². The second-order valence-corrected chi connectivity index (χ2v) is 10.9. The molecule has 9 heavy (non-hydrogen) atoms. The molecule has 0 saturated carbocycles. The number of hydrogen-bond donors (Lipinski definition) is 0. The molecule has 3 heteroatoms. The van der Waals surface area contributed by atoms with Gasteiger partial charge < -0.3 is 4.57 Å². The molecule has 0 unspecified atom stereocenters. The molecular weight excluding hydrogens is 142 g/mol. The van der Waals surface area contributed by atoms with E-state index in [1.807, 2.05) is 0 Å². The molecule has 56 valence electrons. The highest BCUT2D eigenvalue weighted by Crippen LogP contribution is 2.19. The summed E-state index contributed by atoms with van der Waals surface area (Å²) in [5, 5.41) is 0. The molecular formula is C6H19NSi2. The molecule has 1 nitrogen and oxygen atoms in total. The van der Waals surface area contributed by atoms with Gasteiger partial charge in [-0.25, -0.2) is 0 Å². The van der Waals surface area contributed by atoms with E-state index in [-0.39, 0.29) is 19.2 Å². The Hall–Kier alpha value is 0.394. The van der Waals surface area contributed by atoms with Gasteiger partial charge in [0.15, 0.2) is 0 Å². The van der Waals surface area contributed by atoms with E-state index in [2.05, 4.69) is 39.1 Å². The maximum absolute atomic E-state index is 2.42. The van der Waals surface area contributed by atoms with Crippen LogP contribution in [0.3, 0.4) is 0 Å². The summed E-state index contributed by atoms with van der Waals surface area (Å²) in [6, 6.07) is 0. The molecule has 0 aliphatic heterocycles. The van der Waals surface area contributed by atoms with E-state index in [1.165, 1.54) is 0 Å². The third-order valence-corrected chi connectivity index (χ3v) is 7.27. The van der Waals surface area contributed by atoms with Crippen LogP contribution in [0, 0.1) is 0 Å². The molecule has 0 amide bonds. The summed E-state index contributed by atoms with van der Waals surface area (Å²) in [6.07, 6.45) is 0. The molecule has 0 fully saturated rings. The van der Waals surface area contributed by atoms with Gasteiger partial charge in [-0.15, -0.1) is 0 Å². The van der Waals surface area contributed by atoms with Crippen molar-refractivity contribution in [1.29, 1.82) is 0 Å². The van der Waals surface area contributed by atoms with Gasteiger partial charge in [0, 0.05) is 9.52 Å². The first kappa shape index (κ1) is 9.39. The summed E-state index contributed by atoms with van der Waals surface area (Å²) >= 11 is 0. The minimum atomic E-state index is 0.0691. The number of hydrogen-bond acceptors (Lipinski definition) is 1. The van der Waals surface area contributed by atoms with Crippen LogP contribution in [0.4, 0.5) is 0 Å². The second kappa shape index (κ2) is 3.53. The lowest BCUT2D eigenvalue weighted by atomic mass is 10.5. The van der Waals surface area contributed by atoms with Crippen molar-refractivity contribution in [2.45, 2.75) is 25.1 Å². The van der Waals surface area contributed by atoms with Gasteiger partial charge in [0.1, 0.15) is 0 Å². The van der Waals surface area contributed by atoms with Crippen molar-refractivity contribution in [2.75, 3.05) is 14.1 Å². The van der Waals surface area contributed by atoms with E-state index in [1.54, 1.807) is 0 Å². The molecule has 0 rings (SSSR count). The van der Waals surface area contributed by atoms with Crippen LogP contribution in [0.15, 0.2) is 0 Å². The second-order valence-electron chi connectivity index (χ2n) is 3.76. The first-order valence-electron chi connectivity index (χ1n) is 3.62. The summed E-state index contributed by atoms with van der Waals surface area (Å²) in [4.78, 5) is 0. The van der Waals surface area contributed by atoms with Crippen molar-refractivity contribution in [1.82, 2.24) is 4.57 Å². The normalized spacial score (nSPS) is 15.3. The zero-order valence-corrected chi connectivity index (χ0v) is 10.2. The van der Waals surface area contributed by atoms with Gasteiger partial charge in [0.05, 0.1) is 9.68 Å². The first-order chi connectivity index (χ1) is 3.98. The first-order valence-corrected chi connectivity index (χ1v) is 7.09. The highest BCUT2D eigenvalue weighted by molar-refractivity contribution is 6.59. The Kier molecular flexibility index (Phi) is 3.69. The van der Waals surface area contributed by atoms with Crippen molar-refractivity contribution in [2.24, 2.45) is 0 Å². The van der Waals surface area contributed by atoms with Crippen LogP contribution < -0.4 is 0 Å². The minimum Gasteiger partial charge on any atom is -0.334 e. The van der Waals surface area contributed by atoms with Gasteiger partial charge in [-0.3, -0.25) is 0 Å². The fourth-order valence-corrected chi connectivity index (χ4v) is 4.92. The summed E-state index contributed by atoms with van der Waals surface area (Å²) < 4.78 is 3.18. The molecule has 0 bridgehead atoms. The van der Waals surface area contributed by atoms with E-state index in [4.69, 9.17) is 0 Å². The van der Waals surface area contributed by atoms with Gasteiger partial charge in [-0.1, -0.05) is 20.4 Å². The third kappa shape index (κ3) is 4.87. The Morgan fingerprint density at radius 3 is 1.78 bits per heavy atom. The highest BCUT2D eigenvalue weighted by Gasteiger charge is 2.16. The summed E-state index contributed by atoms with van der Waals surface area (Å²) in [5.74, 6) is 0. The molecule has 0 N–H and O–H groups in total. The standard InChI is InChI=1S/C6H19NSi2/c1-6(2,8-5)9-7(3)4/h8-9H2,1-5H3. The molecule has 0 heterocycles. The Morgan fingerprint density at radius 2 is 1.67 bits per heavy atom. The Bertz CT molecular complexity index is 81.1. The topological polar surface area (TPSA) is 3.24 Å². The highest BCUT2D eigenvalue weighted by atomic mass is 28.3. The Balaban J connectivity index is 3.58. The average molecular weight is 161 g/mol. The van der Waals surface area contributed by atoms with E-state index in [0.29, 0.717) is 0 Å². The predicted octanol–water partition coefficient (Wildman–Crippen LogP) is 0.00470. The molecule has 0 atom stereocenters. The summed E-state index contributed by atoms with van der Waals surface area (Å²) in [6.45, 7) is 7.26. The SMILES string of the molecule is C[SiH2]C(C)(C)[SiH2]N(C)C. The lowest BCUT2D eigenvalue weighted by molar-refractivity contribution is 0.635. The van der Waals surface area contributed by atoms with E-state index in [9.17, 15) is 0 Å². The van der Waals surface area contributed by atoms with Crippen molar-refractivity contribution in [3.8, 4) is 0 Å². The summed E-state index contributed by atoms with van der Waals surface area (Å²) in [5.41, 5.74) is 0. The predicted molar refractivity (Wildman–Crippen MR) is 50.7 cm³/mol. The molecule has 0 aliphatic rings. The minimum absolute atomic E-state index is 0.0691. The summed E-state index contributed by atoms with van der Waals surface area (Å²) in [7, 11) is 4.70. The van der Waals surface area contributed by atoms with Crippen molar-refractivity contribution < 1.29 is 0 Å². The van der Waals surface area contributed by atoms with Gasteiger partial charge in [0.2, 0.25) is 0 Å². The lowest BCUT2D eigenvalue weighted by Crippen LogP contribution is -2.30. The van der Waals surface area contributed by atoms with Crippen LogP contribution >= 0.6 is 0 Å². The smallest absolute Gasteiger partial charge is 0.0968 e. The molecule has 0 spiro atoms. The van der Waals surface area contributed by atoms with Gasteiger partial charge in [-0.2, -0.15) is 0 Å². The van der Waals surface area contributed by atoms with Crippen molar-refractivity contribution in [3.05, 3.63) is 0 Å². The number of rotatable bonds is 3.